The summed E-state index contributed by atoms with van der Waals surface area (Å²) in [6, 6.07) is 5.54. The Balaban J connectivity index is 1.84. The lowest BCUT2D eigenvalue weighted by Crippen LogP contribution is -2.55. The van der Waals surface area contributed by atoms with Crippen LogP contribution in [0.5, 0.6) is 5.75 Å². The number of anilines is 1. The van der Waals surface area contributed by atoms with E-state index >= 15 is 0 Å². The maximum atomic E-state index is 12.3. The van der Waals surface area contributed by atoms with Crippen LogP contribution in [0, 0.1) is 6.92 Å². The molecule has 0 unspecified atom stereocenters. The summed E-state index contributed by atoms with van der Waals surface area (Å²) in [6.45, 7) is 5.48. The molecule has 1 aliphatic rings. The lowest BCUT2D eigenvalue weighted by atomic mass is 9.85. The van der Waals surface area contributed by atoms with Crippen molar-refractivity contribution in [1.82, 2.24) is 10.2 Å². The molecule has 1 aromatic carbocycles. The van der Waals surface area contributed by atoms with E-state index in [1.807, 2.05) is 36.9 Å². The van der Waals surface area contributed by atoms with Crippen molar-refractivity contribution >= 4 is 17.7 Å². The van der Waals surface area contributed by atoms with E-state index in [2.05, 4.69) is 10.6 Å². The van der Waals surface area contributed by atoms with Crippen molar-refractivity contribution in [2.75, 3.05) is 38.7 Å². The number of nitrogens with one attached hydrogen (secondary N) is 2. The third-order valence-corrected chi connectivity index (χ3v) is 4.64. The zero-order valence-corrected chi connectivity index (χ0v) is 16.2. The summed E-state index contributed by atoms with van der Waals surface area (Å²) >= 11 is 0. The highest BCUT2D eigenvalue weighted by Crippen LogP contribution is 2.27. The Morgan fingerprint density at radius 1 is 1.30 bits per heavy atom. The van der Waals surface area contributed by atoms with E-state index in [-0.39, 0.29) is 24.7 Å². The molecule has 150 valence electrons. The quantitative estimate of drug-likeness (QED) is 0.538. The number of hydrogen-bond donors (Lipinski definition) is 3. The molecule has 0 atom stereocenters. The van der Waals surface area contributed by atoms with Gasteiger partial charge in [0, 0.05) is 19.2 Å². The van der Waals surface area contributed by atoms with E-state index < -0.39 is 5.97 Å². The number of likely N-dealkylation sites (N-methyl/N-ethyl adjacent to an activating group) is 1. The number of carbonyl (C=O) groups is 2. The van der Waals surface area contributed by atoms with Gasteiger partial charge >= 0.3 is 12.0 Å². The molecular formula is C19H29N3O5. The second-order valence-electron chi connectivity index (χ2n) is 6.72. The van der Waals surface area contributed by atoms with E-state index in [0.29, 0.717) is 31.2 Å². The van der Waals surface area contributed by atoms with Gasteiger partial charge in [0.1, 0.15) is 12.4 Å². The van der Waals surface area contributed by atoms with Crippen LogP contribution >= 0.6 is 0 Å². The van der Waals surface area contributed by atoms with Crippen LogP contribution in [0.25, 0.3) is 0 Å². The zero-order chi connectivity index (χ0) is 19.8. The smallest absolute Gasteiger partial charge is 0.319 e. The number of nitrogens with zero attached hydrogens (tertiary/aromatic N) is 1. The molecule has 1 aromatic rings. The normalized spacial score (nSPS) is 18.7. The molecule has 3 N–H and O–H groups in total. The number of hydrogen-bond acceptors (Lipinski definition) is 5. The van der Waals surface area contributed by atoms with Gasteiger partial charge in [-0.05, 0) is 44.0 Å². The largest absolute Gasteiger partial charge is 0.489 e. The summed E-state index contributed by atoms with van der Waals surface area (Å²) in [4.78, 5) is 25.1. The topological polar surface area (TPSA) is 100 Å². The Kier molecular flexibility index (Phi) is 7.87. The number of benzene rings is 1. The Morgan fingerprint density at radius 3 is 2.67 bits per heavy atom. The Bertz CT molecular complexity index is 646. The van der Waals surface area contributed by atoms with Crippen molar-refractivity contribution in [3.63, 3.8) is 0 Å². The van der Waals surface area contributed by atoms with Crippen LogP contribution in [0.2, 0.25) is 0 Å². The van der Waals surface area contributed by atoms with E-state index in [1.165, 1.54) is 0 Å². The molecule has 0 radical (unpaired) electrons. The second kappa shape index (κ2) is 10.1. The molecule has 0 spiro atoms. The van der Waals surface area contributed by atoms with Gasteiger partial charge < -0.3 is 25.2 Å². The molecule has 0 saturated heterocycles. The number of carboxylic acid groups (broad SMARTS) is 1. The van der Waals surface area contributed by atoms with Crippen molar-refractivity contribution < 1.29 is 24.2 Å². The summed E-state index contributed by atoms with van der Waals surface area (Å²) in [7, 11) is 1.61. The molecule has 1 fully saturated rings. The number of ether oxygens (including phenoxy) is 2. The van der Waals surface area contributed by atoms with Crippen LogP contribution in [-0.2, 0) is 9.53 Å². The van der Waals surface area contributed by atoms with Crippen LogP contribution in [0.3, 0.4) is 0 Å². The molecule has 27 heavy (non-hydrogen) atoms. The van der Waals surface area contributed by atoms with E-state index in [9.17, 15) is 9.59 Å². The van der Waals surface area contributed by atoms with Gasteiger partial charge in [0.05, 0.1) is 18.8 Å². The van der Waals surface area contributed by atoms with Crippen molar-refractivity contribution in [3.8, 4) is 5.75 Å². The van der Waals surface area contributed by atoms with Gasteiger partial charge in [-0.1, -0.05) is 13.0 Å². The predicted octanol–water partition coefficient (Wildman–Crippen LogP) is 2.08. The predicted molar refractivity (Wildman–Crippen MR) is 102 cm³/mol. The molecule has 0 aliphatic heterocycles. The van der Waals surface area contributed by atoms with E-state index in [4.69, 9.17) is 14.6 Å². The summed E-state index contributed by atoms with van der Waals surface area (Å²) < 4.78 is 10.7. The molecular weight excluding hydrogens is 350 g/mol. The minimum absolute atomic E-state index is 0.0334. The van der Waals surface area contributed by atoms with Crippen molar-refractivity contribution in [1.29, 1.82) is 0 Å². The Morgan fingerprint density at radius 2 is 2.04 bits per heavy atom. The first-order valence-corrected chi connectivity index (χ1v) is 9.18. The highest BCUT2D eigenvalue weighted by molar-refractivity contribution is 5.91. The summed E-state index contributed by atoms with van der Waals surface area (Å²) in [5, 5.41) is 14.7. The maximum Gasteiger partial charge on any atom is 0.319 e. The van der Waals surface area contributed by atoms with Gasteiger partial charge in [0.15, 0.2) is 0 Å². The summed E-state index contributed by atoms with van der Waals surface area (Å²) in [6.07, 6.45) is 1.50. The number of urea groups is 1. The number of rotatable bonds is 10. The van der Waals surface area contributed by atoms with Crippen LogP contribution in [-0.4, -0.2) is 67.5 Å². The van der Waals surface area contributed by atoms with Crippen molar-refractivity contribution in [3.05, 3.63) is 23.8 Å². The van der Waals surface area contributed by atoms with Crippen LogP contribution in [0.1, 0.15) is 25.3 Å². The third-order valence-electron chi connectivity index (χ3n) is 4.64. The van der Waals surface area contributed by atoms with Gasteiger partial charge in [-0.25, -0.2) is 4.79 Å². The molecule has 0 heterocycles. The molecule has 0 aromatic heterocycles. The van der Waals surface area contributed by atoms with E-state index in [1.54, 1.807) is 7.11 Å². The molecule has 2 amide bonds. The van der Waals surface area contributed by atoms with Crippen molar-refractivity contribution in [2.45, 2.75) is 38.8 Å². The Labute approximate surface area is 159 Å². The first kappa shape index (κ1) is 21.0. The molecule has 8 nitrogen and oxygen atoms in total. The number of aliphatic carboxylic acids is 1. The minimum Gasteiger partial charge on any atom is -0.489 e. The number of methoxy groups -OCH3 is 1. The van der Waals surface area contributed by atoms with E-state index in [0.717, 1.165) is 18.4 Å². The summed E-state index contributed by atoms with van der Waals surface area (Å²) in [5.74, 6) is -0.223. The highest BCUT2D eigenvalue weighted by atomic mass is 16.5. The standard InChI is InChI=1S/C19H29N3O5/c1-4-22(12-18(23)24)15-10-14(11-15)20-19(25)21-16-6-5-13(2)9-17(16)27-8-7-26-3/h5-6,9,14-15H,4,7-8,10-12H2,1-3H3,(H,23,24)(H2,20,21,25). The maximum absolute atomic E-state index is 12.3. The van der Waals surface area contributed by atoms with Crippen LogP contribution < -0.4 is 15.4 Å². The van der Waals surface area contributed by atoms with Gasteiger partial charge in [-0.2, -0.15) is 0 Å². The molecule has 1 aliphatic carbocycles. The summed E-state index contributed by atoms with van der Waals surface area (Å²) in [5.41, 5.74) is 1.64. The number of aryl methyl sites for hydroxylation is 1. The first-order chi connectivity index (χ1) is 12.9. The highest BCUT2D eigenvalue weighted by Gasteiger charge is 2.34. The molecule has 2 rings (SSSR count). The fourth-order valence-corrected chi connectivity index (χ4v) is 3.11. The SMILES string of the molecule is CCN(CC(=O)O)C1CC(NC(=O)Nc2ccc(C)cc2OCCOC)C1. The average Bonchev–Trinajstić information content (AvgIpc) is 2.58. The lowest BCUT2D eigenvalue weighted by molar-refractivity contribution is -0.139. The van der Waals surface area contributed by atoms with Gasteiger partial charge in [0.25, 0.3) is 0 Å². The van der Waals surface area contributed by atoms with Crippen LogP contribution in [0.15, 0.2) is 18.2 Å². The Hall–Kier alpha value is -2.32. The van der Waals surface area contributed by atoms with Gasteiger partial charge in [0.2, 0.25) is 0 Å². The second-order valence-corrected chi connectivity index (χ2v) is 6.72. The number of carboxylic acids is 1. The van der Waals surface area contributed by atoms with Crippen LogP contribution in [0.4, 0.5) is 10.5 Å². The fraction of sp³-hybridized carbons (Fsp3) is 0.579. The number of amides is 2. The number of carbonyl (C=O) groups excluding carboxylic acids is 1. The third kappa shape index (κ3) is 6.41. The monoisotopic (exact) mass is 379 g/mol. The van der Waals surface area contributed by atoms with Crippen molar-refractivity contribution in [2.24, 2.45) is 0 Å². The lowest BCUT2D eigenvalue weighted by Gasteiger charge is -2.42. The first-order valence-electron chi connectivity index (χ1n) is 9.18. The van der Waals surface area contributed by atoms with Gasteiger partial charge in [-0.3, -0.25) is 9.69 Å². The minimum atomic E-state index is -0.827. The average molecular weight is 379 g/mol. The molecule has 8 heteroatoms. The fourth-order valence-electron chi connectivity index (χ4n) is 3.11. The van der Waals surface area contributed by atoms with Gasteiger partial charge in [-0.15, -0.1) is 0 Å². The molecule has 1 saturated carbocycles. The molecule has 0 bridgehead atoms. The zero-order valence-electron chi connectivity index (χ0n) is 16.2.